The lowest BCUT2D eigenvalue weighted by Crippen LogP contribution is -1.84. The number of benzene rings is 1. The van der Waals surface area contributed by atoms with Crippen molar-refractivity contribution in [1.82, 2.24) is 0 Å². The normalized spacial score (nSPS) is 9.64. The number of methoxy groups -OCH3 is 1. The predicted molar refractivity (Wildman–Crippen MR) is 42.5 cm³/mol. The van der Waals surface area contributed by atoms with Crippen molar-refractivity contribution in [3.05, 3.63) is 23.8 Å². The lowest BCUT2D eigenvalue weighted by molar-refractivity contribution is 0.315. The minimum atomic E-state index is -0.0353. The summed E-state index contributed by atoms with van der Waals surface area (Å²) >= 11 is 0. The molecule has 0 amide bonds. The molecule has 0 saturated carbocycles. The highest BCUT2D eigenvalue weighted by Gasteiger charge is 2.02. The van der Waals surface area contributed by atoms with Crippen LogP contribution in [-0.2, 0) is 11.5 Å². The van der Waals surface area contributed by atoms with E-state index >= 15 is 0 Å². The van der Waals surface area contributed by atoms with Gasteiger partial charge in [-0.2, -0.15) is 0 Å². The summed E-state index contributed by atoms with van der Waals surface area (Å²) < 4.78 is 4.83. The van der Waals surface area contributed by atoms with Crippen LogP contribution in [0.1, 0.15) is 12.5 Å². The van der Waals surface area contributed by atoms with Gasteiger partial charge in [0, 0.05) is 0 Å². The molecule has 0 saturated heterocycles. The number of rotatable bonds is 2. The number of aryl methyl sites for hydroxylation is 1. The molecule has 2 heteroatoms. The zero-order valence-electron chi connectivity index (χ0n) is 6.76. The highest BCUT2D eigenvalue weighted by molar-refractivity contribution is 5.41. The Kier molecular flexibility index (Phi) is 2.36. The van der Waals surface area contributed by atoms with Crippen LogP contribution in [-0.4, -0.2) is 7.11 Å². The van der Waals surface area contributed by atoms with Crippen molar-refractivity contribution in [3.63, 3.8) is 0 Å². The van der Waals surface area contributed by atoms with E-state index in [4.69, 9.17) is 4.74 Å². The van der Waals surface area contributed by atoms with Gasteiger partial charge in [-0.15, -0.1) is 0 Å². The van der Waals surface area contributed by atoms with E-state index in [2.05, 4.69) is 0 Å². The summed E-state index contributed by atoms with van der Waals surface area (Å²) in [5.41, 5.74) is 1.05. The molecular weight excluding hydrogens is 140 g/mol. The Labute approximate surface area is 66.4 Å². The van der Waals surface area contributed by atoms with Crippen molar-refractivity contribution >= 4 is 0 Å². The summed E-state index contributed by atoms with van der Waals surface area (Å²) in [5, 5.41) is 11.1. The lowest BCUT2D eigenvalue weighted by atomic mass is 10.1. The van der Waals surface area contributed by atoms with Crippen molar-refractivity contribution in [3.8, 4) is 11.5 Å². The van der Waals surface area contributed by atoms with Crippen LogP contribution in [0.2, 0.25) is 0 Å². The Morgan fingerprint density at radius 2 is 2.18 bits per heavy atom. The van der Waals surface area contributed by atoms with Gasteiger partial charge in [0.1, 0.15) is 0 Å². The summed E-state index contributed by atoms with van der Waals surface area (Å²) in [6, 6.07) is 5.22. The predicted octanol–water partition coefficient (Wildman–Crippen LogP) is 2.40. The van der Waals surface area contributed by atoms with Gasteiger partial charge in [0.25, 0.3) is 0 Å². The summed E-state index contributed by atoms with van der Waals surface area (Å²) in [4.78, 5) is 0. The maximum atomic E-state index is 11.1. The molecule has 0 atom stereocenters. The van der Waals surface area contributed by atoms with Gasteiger partial charge in [-0.1, -0.05) is 13.0 Å². The first kappa shape index (κ1) is 7.92. The van der Waals surface area contributed by atoms with E-state index in [1.165, 1.54) is 7.11 Å². The van der Waals surface area contributed by atoms with E-state index < -0.39 is 0 Å². The zero-order valence-corrected chi connectivity index (χ0v) is 6.76. The molecule has 0 unspecified atom stereocenters. The molecule has 0 N–H and O–H groups in total. The topological polar surface area (TPSA) is 29.1 Å². The van der Waals surface area contributed by atoms with E-state index in [1.807, 2.05) is 13.0 Å². The molecule has 1 rings (SSSR count). The van der Waals surface area contributed by atoms with Crippen LogP contribution in [0.5, 0.6) is 11.5 Å². The van der Waals surface area contributed by atoms with Crippen LogP contribution in [0, 0.1) is 0 Å². The number of hydrogen-bond acceptors (Lipinski definition) is 1. The second kappa shape index (κ2) is 3.28. The van der Waals surface area contributed by atoms with Crippen LogP contribution in [0.4, 0.5) is 0 Å². The number of ether oxygens (including phenoxy) is 1. The van der Waals surface area contributed by atoms with Gasteiger partial charge in [0.05, 0.1) is 7.11 Å². The molecular formula is C9H11O2. The average molecular weight is 151 g/mol. The van der Waals surface area contributed by atoms with E-state index in [9.17, 15) is 5.11 Å². The monoisotopic (exact) mass is 151 g/mol. The molecule has 1 aromatic carbocycles. The van der Waals surface area contributed by atoms with Crippen molar-refractivity contribution in [2.45, 2.75) is 13.3 Å². The molecule has 0 aliphatic heterocycles. The third-order valence-corrected chi connectivity index (χ3v) is 1.64. The van der Waals surface area contributed by atoms with Gasteiger partial charge < -0.3 is 4.74 Å². The zero-order chi connectivity index (χ0) is 8.27. The van der Waals surface area contributed by atoms with Crippen LogP contribution in [0.15, 0.2) is 18.2 Å². The van der Waals surface area contributed by atoms with E-state index in [-0.39, 0.29) is 5.75 Å². The Hall–Kier alpha value is -1.18. The first-order chi connectivity index (χ1) is 5.27. The van der Waals surface area contributed by atoms with Gasteiger partial charge in [0.2, 0.25) is 5.75 Å². The Morgan fingerprint density at radius 1 is 1.45 bits per heavy atom. The third-order valence-electron chi connectivity index (χ3n) is 1.64. The van der Waals surface area contributed by atoms with Crippen LogP contribution in [0.25, 0.3) is 0 Å². The summed E-state index contributed by atoms with van der Waals surface area (Å²) in [5.74, 6) is 0.383. The highest BCUT2D eigenvalue weighted by Crippen LogP contribution is 2.26. The maximum absolute atomic E-state index is 11.1. The lowest BCUT2D eigenvalue weighted by Gasteiger charge is -2.01. The van der Waals surface area contributed by atoms with Gasteiger partial charge in [-0.25, -0.2) is 0 Å². The Morgan fingerprint density at radius 3 is 2.64 bits per heavy atom. The molecule has 0 aromatic heterocycles. The molecule has 1 aromatic rings. The van der Waals surface area contributed by atoms with Crippen LogP contribution >= 0.6 is 0 Å². The van der Waals surface area contributed by atoms with Gasteiger partial charge in [-0.3, -0.25) is 5.11 Å². The van der Waals surface area contributed by atoms with Gasteiger partial charge in [-0.05, 0) is 24.1 Å². The van der Waals surface area contributed by atoms with E-state index in [0.717, 1.165) is 12.0 Å². The molecule has 1 radical (unpaired) electrons. The molecule has 59 valence electrons. The number of hydrogen-bond donors (Lipinski definition) is 0. The minimum absolute atomic E-state index is 0.0353. The van der Waals surface area contributed by atoms with E-state index in [1.54, 1.807) is 12.1 Å². The quantitative estimate of drug-likeness (QED) is 0.638. The first-order valence-corrected chi connectivity index (χ1v) is 3.62. The molecule has 11 heavy (non-hydrogen) atoms. The van der Waals surface area contributed by atoms with Crippen molar-refractivity contribution in [2.24, 2.45) is 0 Å². The molecule has 0 aliphatic rings. The summed E-state index contributed by atoms with van der Waals surface area (Å²) in [7, 11) is 1.50. The van der Waals surface area contributed by atoms with Crippen molar-refractivity contribution in [1.29, 1.82) is 0 Å². The standard InChI is InChI=1S/C9H11O2/c1-3-7-4-5-9(11-2)8(10)6-7/h4-6H,3H2,1-2H3. The summed E-state index contributed by atoms with van der Waals surface area (Å²) in [6.07, 6.45) is 0.888. The van der Waals surface area contributed by atoms with E-state index in [0.29, 0.717) is 5.75 Å². The summed E-state index contributed by atoms with van der Waals surface area (Å²) in [6.45, 7) is 2.02. The molecule has 0 heterocycles. The average Bonchev–Trinajstić information content (AvgIpc) is 2.04. The molecule has 2 nitrogen and oxygen atoms in total. The van der Waals surface area contributed by atoms with Crippen LogP contribution < -0.4 is 4.74 Å². The van der Waals surface area contributed by atoms with Crippen LogP contribution in [0.3, 0.4) is 0 Å². The minimum Gasteiger partial charge on any atom is -0.493 e. The molecule has 0 bridgehead atoms. The smallest absolute Gasteiger partial charge is 0.220 e. The first-order valence-electron chi connectivity index (χ1n) is 3.62. The molecule has 0 aliphatic carbocycles. The second-order valence-electron chi connectivity index (χ2n) is 2.34. The molecule has 0 spiro atoms. The fourth-order valence-electron chi connectivity index (χ4n) is 0.941. The SMILES string of the molecule is CCc1ccc(OC)c([O])c1. The second-order valence-corrected chi connectivity index (χ2v) is 2.34. The van der Waals surface area contributed by atoms with Gasteiger partial charge >= 0.3 is 0 Å². The van der Waals surface area contributed by atoms with Crippen molar-refractivity contribution < 1.29 is 9.84 Å². The van der Waals surface area contributed by atoms with Gasteiger partial charge in [0.15, 0.2) is 5.75 Å². The fourth-order valence-corrected chi connectivity index (χ4v) is 0.941. The molecule has 0 fully saturated rings. The Bertz CT molecular complexity index is 243. The van der Waals surface area contributed by atoms with Crippen molar-refractivity contribution in [2.75, 3.05) is 7.11 Å². The highest BCUT2D eigenvalue weighted by atomic mass is 16.5. The largest absolute Gasteiger partial charge is 0.493 e. The third kappa shape index (κ3) is 1.64. The Balaban J connectivity index is 2.99. The maximum Gasteiger partial charge on any atom is 0.220 e. The fraction of sp³-hybridized carbons (Fsp3) is 0.333.